The highest BCUT2D eigenvalue weighted by Crippen LogP contribution is 2.30. The van der Waals surface area contributed by atoms with Crippen molar-refractivity contribution in [2.24, 2.45) is 5.92 Å². The molecule has 1 N–H and O–H groups in total. The third kappa shape index (κ3) is 5.70. The van der Waals surface area contributed by atoms with E-state index in [1.165, 1.54) is 0 Å². The number of amides is 2. The zero-order valence-electron chi connectivity index (χ0n) is 16.9. The average Bonchev–Trinajstić information content (AvgIpc) is 3.51. The lowest BCUT2D eigenvalue weighted by atomic mass is 9.98. The number of thiazole rings is 1. The quantitative estimate of drug-likeness (QED) is 0.649. The molecule has 1 aliphatic carbocycles. The molecule has 2 aliphatic rings. The fourth-order valence-corrected chi connectivity index (χ4v) is 4.87. The lowest BCUT2D eigenvalue weighted by molar-refractivity contribution is -0.127. The van der Waals surface area contributed by atoms with Gasteiger partial charge in [0, 0.05) is 54.4 Å². The number of carbonyl (C=O) groups excluding carboxylic acids is 2. The molecule has 1 saturated heterocycles. The Morgan fingerprint density at radius 3 is 2.97 bits per heavy atom. The van der Waals surface area contributed by atoms with Gasteiger partial charge in [0.05, 0.1) is 10.7 Å². The number of nitrogens with zero attached hydrogens (tertiary/aromatic N) is 2. The molecule has 1 aromatic heterocycles. The third-order valence-electron chi connectivity index (χ3n) is 5.55. The van der Waals surface area contributed by atoms with Crippen LogP contribution in [0, 0.1) is 5.92 Å². The molecule has 2 amide bonds. The normalized spacial score (nSPS) is 19.2. The first-order chi connectivity index (χ1) is 14.6. The number of halogens is 1. The highest BCUT2D eigenvalue weighted by molar-refractivity contribution is 7.09. The summed E-state index contributed by atoms with van der Waals surface area (Å²) in [5.41, 5.74) is 1.94. The summed E-state index contributed by atoms with van der Waals surface area (Å²) in [5, 5.41) is 6.83. The lowest BCUT2D eigenvalue weighted by Gasteiger charge is -2.31. The summed E-state index contributed by atoms with van der Waals surface area (Å²) in [7, 11) is 0. The molecule has 0 spiro atoms. The minimum absolute atomic E-state index is 0.0271. The molecule has 1 aromatic carbocycles. The van der Waals surface area contributed by atoms with E-state index >= 15 is 0 Å². The number of hydrogen-bond acceptors (Lipinski definition) is 4. The van der Waals surface area contributed by atoms with Crippen molar-refractivity contribution in [2.75, 3.05) is 19.6 Å². The molecule has 1 aliphatic heterocycles. The molecule has 1 saturated carbocycles. The fourth-order valence-electron chi connectivity index (χ4n) is 3.69. The van der Waals surface area contributed by atoms with Gasteiger partial charge in [-0.05, 0) is 49.5 Å². The summed E-state index contributed by atoms with van der Waals surface area (Å²) in [6.45, 7) is 2.12. The number of piperidine rings is 1. The maximum Gasteiger partial charge on any atom is 0.246 e. The Balaban J connectivity index is 1.29. The summed E-state index contributed by atoms with van der Waals surface area (Å²) in [6, 6.07) is 7.47. The van der Waals surface area contributed by atoms with E-state index in [0.29, 0.717) is 18.1 Å². The molecular formula is C23H26ClN3O2S. The highest BCUT2D eigenvalue weighted by atomic mass is 35.5. The lowest BCUT2D eigenvalue weighted by Crippen LogP contribution is -2.38. The number of likely N-dealkylation sites (tertiary alicyclic amines) is 1. The Hall–Kier alpha value is -2.18. The molecule has 7 heteroatoms. The molecule has 2 fully saturated rings. The number of rotatable bonds is 7. The monoisotopic (exact) mass is 443 g/mol. The minimum atomic E-state index is 0.0271. The maximum atomic E-state index is 12.7. The van der Waals surface area contributed by atoms with Gasteiger partial charge in [-0.3, -0.25) is 9.59 Å². The van der Waals surface area contributed by atoms with Gasteiger partial charge in [0.15, 0.2) is 0 Å². The summed E-state index contributed by atoms with van der Waals surface area (Å²) < 4.78 is 0. The van der Waals surface area contributed by atoms with Crippen LogP contribution >= 0.6 is 22.9 Å². The smallest absolute Gasteiger partial charge is 0.246 e. The van der Waals surface area contributed by atoms with E-state index in [0.717, 1.165) is 54.9 Å². The second kappa shape index (κ2) is 9.75. The maximum absolute atomic E-state index is 12.7. The Bertz CT molecular complexity index is 938. The predicted octanol–water partition coefficient (Wildman–Crippen LogP) is 4.28. The second-order valence-corrected chi connectivity index (χ2v) is 9.33. The van der Waals surface area contributed by atoms with E-state index in [2.05, 4.69) is 10.7 Å². The van der Waals surface area contributed by atoms with Gasteiger partial charge in [-0.15, -0.1) is 11.3 Å². The van der Waals surface area contributed by atoms with Crippen molar-refractivity contribution >= 4 is 40.8 Å². The van der Waals surface area contributed by atoms with E-state index in [1.807, 2.05) is 35.2 Å². The molecule has 1 atom stereocenters. The molecule has 5 nitrogen and oxygen atoms in total. The predicted molar refractivity (Wildman–Crippen MR) is 121 cm³/mol. The third-order valence-corrected chi connectivity index (χ3v) is 6.84. The molecule has 158 valence electrons. The molecular weight excluding hydrogens is 418 g/mol. The Labute approximate surface area is 186 Å². The molecule has 4 rings (SSSR count). The Kier molecular flexibility index (Phi) is 6.85. The zero-order chi connectivity index (χ0) is 20.9. The Morgan fingerprint density at radius 1 is 1.30 bits per heavy atom. The molecule has 2 aromatic rings. The average molecular weight is 444 g/mol. The van der Waals surface area contributed by atoms with Gasteiger partial charge in [-0.1, -0.05) is 23.7 Å². The van der Waals surface area contributed by atoms with Gasteiger partial charge in [-0.2, -0.15) is 0 Å². The van der Waals surface area contributed by atoms with Gasteiger partial charge in [0.1, 0.15) is 0 Å². The van der Waals surface area contributed by atoms with Crippen LogP contribution in [0.15, 0.2) is 35.7 Å². The van der Waals surface area contributed by atoms with Gasteiger partial charge in [-0.25, -0.2) is 4.98 Å². The number of carbonyl (C=O) groups is 2. The summed E-state index contributed by atoms with van der Waals surface area (Å²) in [4.78, 5) is 31.1. The van der Waals surface area contributed by atoms with Crippen LogP contribution in [0.5, 0.6) is 0 Å². The largest absolute Gasteiger partial charge is 0.355 e. The number of benzene rings is 1. The summed E-state index contributed by atoms with van der Waals surface area (Å²) in [5.74, 6) is 0.730. The summed E-state index contributed by atoms with van der Waals surface area (Å²) >= 11 is 7.67. The highest BCUT2D eigenvalue weighted by Gasteiger charge is 2.29. The minimum Gasteiger partial charge on any atom is -0.355 e. The number of aromatic nitrogens is 1. The summed E-state index contributed by atoms with van der Waals surface area (Å²) in [6.07, 6.45) is 8.28. The standard InChI is InChI=1S/C23H26ClN3O2S/c24-19-5-1-3-16(13-19)6-9-21(28)27-12-2-4-18(14-27)23-26-20(15-30-23)10-11-25-22(29)17-7-8-17/h1,3,5-6,9,13,15,17-18H,2,4,7-8,10-12,14H2,(H,25,29). The second-order valence-electron chi connectivity index (χ2n) is 8.00. The molecule has 2 heterocycles. The SMILES string of the molecule is O=C(NCCc1csc(C2CCCN(C(=O)C=Cc3cccc(Cl)c3)C2)n1)C1CC1. The van der Waals surface area contributed by atoms with Crippen LogP contribution < -0.4 is 5.32 Å². The van der Waals surface area contributed by atoms with E-state index in [4.69, 9.17) is 16.6 Å². The molecule has 0 bridgehead atoms. The van der Waals surface area contributed by atoms with Crippen LogP contribution in [0.2, 0.25) is 5.02 Å². The first-order valence-electron chi connectivity index (χ1n) is 10.5. The van der Waals surface area contributed by atoms with E-state index in [1.54, 1.807) is 17.4 Å². The van der Waals surface area contributed by atoms with Crippen LogP contribution in [0.25, 0.3) is 6.08 Å². The van der Waals surface area contributed by atoms with Gasteiger partial charge in [0.25, 0.3) is 0 Å². The van der Waals surface area contributed by atoms with Crippen LogP contribution in [0.3, 0.4) is 0 Å². The fraction of sp³-hybridized carbons (Fsp3) is 0.435. The Morgan fingerprint density at radius 2 is 2.17 bits per heavy atom. The van der Waals surface area contributed by atoms with Gasteiger partial charge >= 0.3 is 0 Å². The van der Waals surface area contributed by atoms with Crippen molar-refractivity contribution in [3.8, 4) is 0 Å². The number of hydrogen-bond donors (Lipinski definition) is 1. The first-order valence-corrected chi connectivity index (χ1v) is 11.8. The first kappa shape index (κ1) is 21.1. The van der Waals surface area contributed by atoms with Gasteiger partial charge < -0.3 is 10.2 Å². The van der Waals surface area contributed by atoms with Crippen molar-refractivity contribution < 1.29 is 9.59 Å². The van der Waals surface area contributed by atoms with E-state index in [-0.39, 0.29) is 23.7 Å². The van der Waals surface area contributed by atoms with Crippen molar-refractivity contribution in [2.45, 2.75) is 38.0 Å². The topological polar surface area (TPSA) is 62.3 Å². The number of nitrogens with one attached hydrogen (secondary N) is 1. The van der Waals surface area contributed by atoms with Crippen LogP contribution in [-0.2, 0) is 16.0 Å². The van der Waals surface area contributed by atoms with Crippen molar-refractivity contribution in [3.63, 3.8) is 0 Å². The van der Waals surface area contributed by atoms with Crippen molar-refractivity contribution in [1.82, 2.24) is 15.2 Å². The molecule has 30 heavy (non-hydrogen) atoms. The van der Waals surface area contributed by atoms with Crippen LogP contribution in [0.1, 0.15) is 47.9 Å². The zero-order valence-corrected chi connectivity index (χ0v) is 18.4. The van der Waals surface area contributed by atoms with Gasteiger partial charge in [0.2, 0.25) is 11.8 Å². The van der Waals surface area contributed by atoms with E-state index < -0.39 is 0 Å². The molecule has 1 unspecified atom stereocenters. The van der Waals surface area contributed by atoms with Crippen molar-refractivity contribution in [3.05, 3.63) is 57.0 Å². The van der Waals surface area contributed by atoms with Crippen LogP contribution in [-0.4, -0.2) is 41.3 Å². The van der Waals surface area contributed by atoms with Crippen molar-refractivity contribution in [1.29, 1.82) is 0 Å². The van der Waals surface area contributed by atoms with Crippen LogP contribution in [0.4, 0.5) is 0 Å². The molecule has 0 radical (unpaired) electrons. The van der Waals surface area contributed by atoms with E-state index in [9.17, 15) is 9.59 Å².